The van der Waals surface area contributed by atoms with Gasteiger partial charge in [0.05, 0.1) is 18.1 Å². The van der Waals surface area contributed by atoms with Gasteiger partial charge in [-0.05, 0) is 38.0 Å². The van der Waals surface area contributed by atoms with Gasteiger partial charge >= 0.3 is 12.5 Å². The first-order valence-electron chi connectivity index (χ1n) is 11.6. The zero-order valence-corrected chi connectivity index (χ0v) is 21.6. The summed E-state index contributed by atoms with van der Waals surface area (Å²) in [5, 5.41) is 1.88. The molecule has 0 aliphatic carbocycles. The average Bonchev–Trinajstić information content (AvgIpc) is 3.29. The van der Waals surface area contributed by atoms with Crippen molar-refractivity contribution in [1.29, 1.82) is 0 Å². The van der Waals surface area contributed by atoms with Crippen molar-refractivity contribution in [2.75, 3.05) is 0 Å². The van der Waals surface area contributed by atoms with Gasteiger partial charge in [-0.1, -0.05) is 0 Å². The molecule has 18 heteroatoms. The number of carbonyl (C=O) groups is 1. The molecule has 1 aliphatic heterocycles. The van der Waals surface area contributed by atoms with Gasteiger partial charge in [0.15, 0.2) is 10.8 Å². The maximum absolute atomic E-state index is 13.3. The minimum Gasteiger partial charge on any atom is -0.404 e. The number of hydrogen-bond donors (Lipinski definition) is 1. The molecule has 220 valence electrons. The monoisotopic (exact) mass is 608 g/mol. The van der Waals surface area contributed by atoms with Gasteiger partial charge in [-0.15, -0.1) is 13.2 Å². The summed E-state index contributed by atoms with van der Waals surface area (Å²) in [4.78, 5) is 26.8. The molecule has 10 nitrogen and oxygen atoms in total. The largest absolute Gasteiger partial charge is 0.573 e. The van der Waals surface area contributed by atoms with Gasteiger partial charge in [0.2, 0.25) is 11.7 Å². The topological polar surface area (TPSA) is 127 Å². The van der Waals surface area contributed by atoms with E-state index in [2.05, 4.69) is 30.0 Å². The average molecular weight is 608 g/mol. The molecule has 1 N–H and O–H groups in total. The number of nitrogens with one attached hydrogen (secondary N) is 1. The molecule has 3 aromatic rings. The van der Waals surface area contributed by atoms with E-state index in [1.807, 2.05) is 0 Å². The molecule has 0 unspecified atom stereocenters. The molecule has 1 saturated heterocycles. The van der Waals surface area contributed by atoms with Crippen LogP contribution in [-0.4, -0.2) is 57.0 Å². The number of hydrogen-bond acceptors (Lipinski definition) is 8. The molecule has 0 radical (unpaired) electrons. The summed E-state index contributed by atoms with van der Waals surface area (Å²) in [6.45, 7) is 0.944. The summed E-state index contributed by atoms with van der Waals surface area (Å²) < 4.78 is 122. The third kappa shape index (κ3) is 6.87. The van der Waals surface area contributed by atoms with Crippen LogP contribution < -0.4 is 10.1 Å². The molecule has 0 saturated carbocycles. The molecule has 4 rings (SSSR count). The van der Waals surface area contributed by atoms with Crippen molar-refractivity contribution in [1.82, 2.24) is 29.6 Å². The second-order valence-electron chi connectivity index (χ2n) is 8.83. The molecular formula is C23H19F7N6O4S. The first kappa shape index (κ1) is 30.0. The lowest BCUT2D eigenvalue weighted by atomic mass is 10.1. The number of alkyl halides is 6. The fourth-order valence-corrected chi connectivity index (χ4v) is 5.90. The Bertz CT molecular complexity index is 1520. The maximum atomic E-state index is 13.3. The second-order valence-corrected chi connectivity index (χ2v) is 10.6. The van der Waals surface area contributed by atoms with E-state index in [1.54, 1.807) is 6.92 Å². The van der Waals surface area contributed by atoms with E-state index >= 15 is 0 Å². The van der Waals surface area contributed by atoms with E-state index in [0.717, 1.165) is 34.9 Å². The molecule has 3 aromatic heterocycles. The van der Waals surface area contributed by atoms with Crippen LogP contribution in [0, 0.1) is 5.82 Å². The number of sulfonamides is 1. The lowest BCUT2D eigenvalue weighted by Crippen LogP contribution is -2.48. The summed E-state index contributed by atoms with van der Waals surface area (Å²) in [5.74, 6) is -3.88. The van der Waals surface area contributed by atoms with E-state index < -0.39 is 69.5 Å². The van der Waals surface area contributed by atoms with Crippen LogP contribution in [0.25, 0.3) is 11.3 Å². The standard InChI is InChI=1S/C23H19F7N6O4S/c1-12-2-4-17(36(12)41(38,39)19-5-3-15(24)10-32-19)20(37)33-7-13-6-16(31-11-18(13)40-23(28,29)30)14-8-34-21(35-9-14)22(25,26)27/h3,5-6,8-12,17H,2,4,7H2,1H3,(H,33,37)/t12-,17-/m0/s1. The highest BCUT2D eigenvalue weighted by Gasteiger charge is 2.44. The van der Waals surface area contributed by atoms with Crippen molar-refractivity contribution < 1.29 is 48.7 Å². The fraction of sp³-hybridized carbons (Fsp3) is 0.348. The molecule has 1 aliphatic rings. The highest BCUT2D eigenvalue weighted by atomic mass is 32.2. The Labute approximate surface area is 227 Å². The van der Waals surface area contributed by atoms with Crippen molar-refractivity contribution in [3.63, 3.8) is 0 Å². The molecule has 0 aromatic carbocycles. The number of nitrogens with zero attached hydrogens (tertiary/aromatic N) is 5. The molecular weight excluding hydrogens is 589 g/mol. The van der Waals surface area contributed by atoms with Crippen molar-refractivity contribution in [3.05, 3.63) is 60.2 Å². The number of rotatable bonds is 7. The normalized spacial score (nSPS) is 18.3. The quantitative estimate of drug-likeness (QED) is 0.401. The Morgan fingerprint density at radius 1 is 1.02 bits per heavy atom. The van der Waals surface area contributed by atoms with Crippen LogP contribution >= 0.6 is 0 Å². The maximum Gasteiger partial charge on any atom is 0.573 e. The molecule has 2 atom stereocenters. The van der Waals surface area contributed by atoms with Gasteiger partial charge in [-0.3, -0.25) is 9.78 Å². The van der Waals surface area contributed by atoms with Crippen LogP contribution in [-0.2, 0) is 27.5 Å². The van der Waals surface area contributed by atoms with Crippen LogP contribution in [0.4, 0.5) is 30.7 Å². The first-order valence-corrected chi connectivity index (χ1v) is 13.1. The van der Waals surface area contributed by atoms with Crippen LogP contribution in [0.5, 0.6) is 5.75 Å². The van der Waals surface area contributed by atoms with Gasteiger partial charge in [0, 0.05) is 36.1 Å². The third-order valence-corrected chi connectivity index (χ3v) is 7.91. The number of ether oxygens (including phenoxy) is 1. The van der Waals surface area contributed by atoms with E-state index in [0.29, 0.717) is 12.4 Å². The Kier molecular flexibility index (Phi) is 8.17. The zero-order valence-electron chi connectivity index (χ0n) is 20.7. The lowest BCUT2D eigenvalue weighted by Gasteiger charge is -2.26. The Hall–Kier alpha value is -3.93. The van der Waals surface area contributed by atoms with E-state index in [1.165, 1.54) is 0 Å². The van der Waals surface area contributed by atoms with Crippen LogP contribution in [0.3, 0.4) is 0 Å². The van der Waals surface area contributed by atoms with Gasteiger partial charge in [-0.25, -0.2) is 27.8 Å². The van der Waals surface area contributed by atoms with Gasteiger partial charge < -0.3 is 10.1 Å². The Morgan fingerprint density at radius 2 is 1.71 bits per heavy atom. The molecule has 0 spiro atoms. The summed E-state index contributed by atoms with van der Waals surface area (Å²) >= 11 is 0. The van der Waals surface area contributed by atoms with Gasteiger partial charge in [-0.2, -0.15) is 17.5 Å². The van der Waals surface area contributed by atoms with Crippen molar-refractivity contribution in [3.8, 4) is 17.0 Å². The van der Waals surface area contributed by atoms with Crippen LogP contribution in [0.1, 0.15) is 31.2 Å². The molecule has 41 heavy (non-hydrogen) atoms. The highest BCUT2D eigenvalue weighted by molar-refractivity contribution is 7.89. The van der Waals surface area contributed by atoms with Crippen molar-refractivity contribution >= 4 is 15.9 Å². The molecule has 1 amide bonds. The summed E-state index contributed by atoms with van der Waals surface area (Å²) in [5.41, 5.74) is -0.474. The summed E-state index contributed by atoms with van der Waals surface area (Å²) in [6.07, 6.45) is -6.71. The smallest absolute Gasteiger partial charge is 0.404 e. The Morgan fingerprint density at radius 3 is 2.29 bits per heavy atom. The minimum atomic E-state index is -5.15. The first-order chi connectivity index (χ1) is 19.1. The van der Waals surface area contributed by atoms with Crippen molar-refractivity contribution in [2.24, 2.45) is 0 Å². The number of aromatic nitrogens is 4. The van der Waals surface area contributed by atoms with Gasteiger partial charge in [0.25, 0.3) is 10.0 Å². The number of carbonyl (C=O) groups excluding carboxylic acids is 1. The second kappa shape index (κ2) is 11.2. The molecule has 4 heterocycles. The lowest BCUT2D eigenvalue weighted by molar-refractivity contribution is -0.275. The predicted octanol–water partition coefficient (Wildman–Crippen LogP) is 3.85. The van der Waals surface area contributed by atoms with Crippen LogP contribution in [0.15, 0.2) is 48.0 Å². The molecule has 0 bridgehead atoms. The number of halogens is 7. The minimum absolute atomic E-state index is 0.0715. The van der Waals surface area contributed by atoms with Gasteiger partial charge in [0.1, 0.15) is 11.9 Å². The summed E-state index contributed by atoms with van der Waals surface area (Å²) in [7, 11) is -4.35. The van der Waals surface area contributed by atoms with Crippen LogP contribution in [0.2, 0.25) is 0 Å². The Balaban J connectivity index is 1.59. The van der Waals surface area contributed by atoms with E-state index in [-0.39, 0.29) is 29.7 Å². The van der Waals surface area contributed by atoms with E-state index in [4.69, 9.17) is 0 Å². The fourth-order valence-electron chi connectivity index (χ4n) is 4.14. The zero-order chi connectivity index (χ0) is 30.2. The SMILES string of the molecule is C[C@H]1CC[C@@H](C(=O)NCc2cc(-c3cnc(C(F)(F)F)nc3)ncc2OC(F)(F)F)N1S(=O)(=O)c1ccc(F)cn1. The number of amides is 1. The predicted molar refractivity (Wildman–Crippen MR) is 124 cm³/mol. The molecule has 1 fully saturated rings. The summed E-state index contributed by atoms with van der Waals surface area (Å²) in [6, 6.07) is 0.939. The van der Waals surface area contributed by atoms with E-state index in [9.17, 15) is 43.9 Å². The highest BCUT2D eigenvalue weighted by Crippen LogP contribution is 2.32. The third-order valence-electron chi connectivity index (χ3n) is 5.97. The van der Waals surface area contributed by atoms with Crippen molar-refractivity contribution in [2.45, 2.75) is 56.0 Å². The number of pyridine rings is 2.